The van der Waals surface area contributed by atoms with Gasteiger partial charge in [0.15, 0.2) is 0 Å². The van der Waals surface area contributed by atoms with E-state index in [4.69, 9.17) is 0 Å². The third kappa shape index (κ3) is 1.78. The van der Waals surface area contributed by atoms with Crippen molar-refractivity contribution in [3.05, 3.63) is 41.9 Å². The lowest BCUT2D eigenvalue weighted by atomic mass is 9.93. The van der Waals surface area contributed by atoms with Gasteiger partial charge < -0.3 is 5.32 Å². The molecule has 0 radical (unpaired) electrons. The Balaban J connectivity index is 1.65. The summed E-state index contributed by atoms with van der Waals surface area (Å²) in [5.74, 6) is 0. The van der Waals surface area contributed by atoms with Crippen molar-refractivity contribution in [3.63, 3.8) is 0 Å². The van der Waals surface area contributed by atoms with Gasteiger partial charge >= 0.3 is 0 Å². The zero-order valence-electron chi connectivity index (χ0n) is 11.4. The van der Waals surface area contributed by atoms with E-state index in [2.05, 4.69) is 38.8 Å². The first-order valence-electron chi connectivity index (χ1n) is 7.02. The van der Waals surface area contributed by atoms with Gasteiger partial charge in [0.2, 0.25) is 0 Å². The summed E-state index contributed by atoms with van der Waals surface area (Å²) in [5.41, 5.74) is 4.91. The van der Waals surface area contributed by atoms with E-state index in [0.717, 1.165) is 29.4 Å². The Hall–Kier alpha value is -2.30. The lowest BCUT2D eigenvalue weighted by molar-refractivity contribution is 0.571. The Morgan fingerprint density at radius 2 is 2.30 bits per heavy atom. The van der Waals surface area contributed by atoms with E-state index in [0.29, 0.717) is 6.04 Å². The van der Waals surface area contributed by atoms with Gasteiger partial charge in [-0.05, 0) is 37.5 Å². The molecular formula is C15H17N5. The molecule has 0 saturated carbocycles. The molecule has 2 heterocycles. The van der Waals surface area contributed by atoms with Crippen LogP contribution in [0.5, 0.6) is 0 Å². The third-order valence-electron chi connectivity index (χ3n) is 4.16. The van der Waals surface area contributed by atoms with E-state index in [-0.39, 0.29) is 0 Å². The van der Waals surface area contributed by atoms with Crippen molar-refractivity contribution in [2.24, 2.45) is 7.05 Å². The smallest absolute Gasteiger partial charge is 0.0651 e. The van der Waals surface area contributed by atoms with Crippen molar-refractivity contribution in [3.8, 4) is 0 Å². The van der Waals surface area contributed by atoms with Crippen LogP contribution in [-0.2, 0) is 13.5 Å². The number of hydrogen-bond donors (Lipinski definition) is 2. The maximum atomic E-state index is 4.39. The number of nitrogens with one attached hydrogen (secondary N) is 2. The lowest BCUT2D eigenvalue weighted by Crippen LogP contribution is -2.17. The Kier molecular flexibility index (Phi) is 2.52. The second-order valence-electron chi connectivity index (χ2n) is 5.43. The van der Waals surface area contributed by atoms with E-state index >= 15 is 0 Å². The Labute approximate surface area is 117 Å². The van der Waals surface area contributed by atoms with Gasteiger partial charge in [0.25, 0.3) is 0 Å². The minimum absolute atomic E-state index is 0.358. The van der Waals surface area contributed by atoms with Crippen LogP contribution in [0, 0.1) is 0 Å². The minimum atomic E-state index is 0.358. The predicted octanol–water partition coefficient (Wildman–Crippen LogP) is 2.79. The molecule has 0 amide bonds. The molecule has 0 aliphatic heterocycles. The highest BCUT2D eigenvalue weighted by Crippen LogP contribution is 2.32. The van der Waals surface area contributed by atoms with Gasteiger partial charge in [-0.25, -0.2) is 0 Å². The highest BCUT2D eigenvalue weighted by molar-refractivity contribution is 5.81. The topological polar surface area (TPSA) is 58.5 Å². The van der Waals surface area contributed by atoms with Crippen LogP contribution >= 0.6 is 0 Å². The molecule has 5 heteroatoms. The number of aromatic amines is 1. The number of nitrogens with zero attached hydrogens (tertiary/aromatic N) is 3. The molecule has 0 spiro atoms. The summed E-state index contributed by atoms with van der Waals surface area (Å²) in [6.45, 7) is 0. The molecule has 1 unspecified atom stereocenters. The first-order valence-corrected chi connectivity index (χ1v) is 7.02. The van der Waals surface area contributed by atoms with Crippen molar-refractivity contribution >= 4 is 16.6 Å². The number of hydrogen-bond acceptors (Lipinski definition) is 3. The van der Waals surface area contributed by atoms with Crippen molar-refractivity contribution in [2.75, 3.05) is 5.32 Å². The summed E-state index contributed by atoms with van der Waals surface area (Å²) in [6.07, 6.45) is 7.35. The lowest BCUT2D eigenvalue weighted by Gasteiger charge is -2.24. The number of aromatic nitrogens is 4. The second-order valence-corrected chi connectivity index (χ2v) is 5.43. The fourth-order valence-corrected chi connectivity index (χ4v) is 3.09. The van der Waals surface area contributed by atoms with Crippen molar-refractivity contribution < 1.29 is 0 Å². The quantitative estimate of drug-likeness (QED) is 0.750. The summed E-state index contributed by atoms with van der Waals surface area (Å²) in [5, 5.41) is 16.2. The zero-order valence-corrected chi connectivity index (χ0v) is 11.4. The zero-order chi connectivity index (χ0) is 13.5. The van der Waals surface area contributed by atoms with Crippen molar-refractivity contribution in [2.45, 2.75) is 25.3 Å². The molecular weight excluding hydrogens is 250 g/mol. The second kappa shape index (κ2) is 4.37. The monoisotopic (exact) mass is 267 g/mol. The average Bonchev–Trinajstić information content (AvgIpc) is 3.06. The van der Waals surface area contributed by atoms with Crippen molar-refractivity contribution in [1.82, 2.24) is 20.0 Å². The van der Waals surface area contributed by atoms with Gasteiger partial charge in [0.1, 0.15) is 0 Å². The predicted molar refractivity (Wildman–Crippen MR) is 78.6 cm³/mol. The third-order valence-corrected chi connectivity index (χ3v) is 4.16. The maximum absolute atomic E-state index is 4.39. The molecule has 2 aromatic heterocycles. The Bertz CT molecular complexity index is 755. The van der Waals surface area contributed by atoms with E-state index in [9.17, 15) is 0 Å². The van der Waals surface area contributed by atoms with Crippen LogP contribution in [0.25, 0.3) is 10.9 Å². The first kappa shape index (κ1) is 11.5. The van der Waals surface area contributed by atoms with Gasteiger partial charge in [-0.3, -0.25) is 9.78 Å². The van der Waals surface area contributed by atoms with E-state index in [1.165, 1.54) is 17.7 Å². The number of anilines is 1. The van der Waals surface area contributed by atoms with Crippen LogP contribution < -0.4 is 5.32 Å². The molecule has 20 heavy (non-hydrogen) atoms. The van der Waals surface area contributed by atoms with Crippen LogP contribution in [0.2, 0.25) is 0 Å². The molecule has 1 aliphatic rings. The number of fused-ring (bicyclic) bond motifs is 2. The normalized spacial score (nSPS) is 18.1. The van der Waals surface area contributed by atoms with Crippen LogP contribution in [0.3, 0.4) is 0 Å². The molecule has 1 aliphatic carbocycles. The molecule has 5 nitrogen and oxygen atoms in total. The highest BCUT2D eigenvalue weighted by atomic mass is 15.3. The largest absolute Gasteiger partial charge is 0.378 e. The van der Waals surface area contributed by atoms with Crippen LogP contribution in [0.15, 0.2) is 30.6 Å². The SMILES string of the molecule is Cn1ncc2c1CCCC2Nc1ccc2[nH]ncc2c1. The van der Waals surface area contributed by atoms with Gasteiger partial charge in [-0.2, -0.15) is 10.2 Å². The number of rotatable bonds is 2. The van der Waals surface area contributed by atoms with Crippen LogP contribution in [0.4, 0.5) is 5.69 Å². The molecule has 4 rings (SSSR count). The molecule has 3 aromatic rings. The Morgan fingerprint density at radius 1 is 1.35 bits per heavy atom. The fraction of sp³-hybridized carbons (Fsp3) is 0.333. The van der Waals surface area contributed by atoms with E-state index in [1.54, 1.807) is 0 Å². The first-order chi connectivity index (χ1) is 9.81. The van der Waals surface area contributed by atoms with Gasteiger partial charge in [0.05, 0.1) is 24.0 Å². The molecule has 1 atom stereocenters. The Morgan fingerprint density at radius 3 is 3.25 bits per heavy atom. The van der Waals surface area contributed by atoms with Gasteiger partial charge in [0, 0.05) is 29.4 Å². The molecule has 1 aromatic carbocycles. The number of H-pyrrole nitrogens is 1. The fourth-order valence-electron chi connectivity index (χ4n) is 3.09. The van der Waals surface area contributed by atoms with Gasteiger partial charge in [-0.15, -0.1) is 0 Å². The van der Waals surface area contributed by atoms with Crippen LogP contribution in [0.1, 0.15) is 30.1 Å². The van der Waals surface area contributed by atoms with E-state index < -0.39 is 0 Å². The standard InChI is InChI=1S/C15H17N5/c1-20-15-4-2-3-14(12(15)9-17-20)18-11-5-6-13-10(7-11)8-16-19-13/h5-9,14,18H,2-4H2,1H3,(H,16,19). The molecule has 0 saturated heterocycles. The molecule has 0 bridgehead atoms. The highest BCUT2D eigenvalue weighted by Gasteiger charge is 2.23. The molecule has 0 fully saturated rings. The number of benzene rings is 1. The number of aryl methyl sites for hydroxylation is 1. The summed E-state index contributed by atoms with van der Waals surface area (Å²) in [6, 6.07) is 6.67. The summed E-state index contributed by atoms with van der Waals surface area (Å²) in [4.78, 5) is 0. The van der Waals surface area contributed by atoms with E-state index in [1.807, 2.05) is 24.1 Å². The van der Waals surface area contributed by atoms with Gasteiger partial charge in [-0.1, -0.05) is 0 Å². The summed E-state index contributed by atoms with van der Waals surface area (Å²) < 4.78 is 2.00. The summed E-state index contributed by atoms with van der Waals surface area (Å²) >= 11 is 0. The average molecular weight is 267 g/mol. The minimum Gasteiger partial charge on any atom is -0.378 e. The maximum Gasteiger partial charge on any atom is 0.0651 e. The van der Waals surface area contributed by atoms with Crippen LogP contribution in [-0.4, -0.2) is 20.0 Å². The molecule has 102 valence electrons. The molecule has 2 N–H and O–H groups in total. The van der Waals surface area contributed by atoms with Crippen molar-refractivity contribution in [1.29, 1.82) is 0 Å². The summed E-state index contributed by atoms with van der Waals surface area (Å²) in [7, 11) is 2.03.